The normalized spacial score (nSPS) is 45.7. The molecule has 0 saturated carbocycles. The molecule has 0 amide bonds. The van der Waals surface area contributed by atoms with Crippen molar-refractivity contribution in [2.75, 3.05) is 19.8 Å². The Morgan fingerprint density at radius 1 is 0.818 bits per heavy atom. The second-order valence-corrected chi connectivity index (χ2v) is 12.2. The predicted molar refractivity (Wildman–Crippen MR) is 153 cm³/mol. The average Bonchev–Trinajstić information content (AvgIpc) is 3.02. The van der Waals surface area contributed by atoms with E-state index in [9.17, 15) is 45.6 Å². The lowest BCUT2D eigenvalue weighted by Crippen LogP contribution is -2.73. The number of carbonyl (C=O) groups excluding carboxylic acids is 1. The molecule has 3 rings (SSSR count). The lowest BCUT2D eigenvalue weighted by Gasteiger charge is -2.51. The van der Waals surface area contributed by atoms with Gasteiger partial charge >= 0.3 is 0 Å². The van der Waals surface area contributed by atoms with Crippen molar-refractivity contribution in [1.82, 2.24) is 0 Å². The number of aliphatic hydroxyl groups excluding tert-OH is 8. The van der Waals surface area contributed by atoms with E-state index in [0.29, 0.717) is 12.8 Å². The number of hydrogen-bond donors (Lipinski definition) is 12. The maximum absolute atomic E-state index is 13.5. The number of aliphatic hydroxyl groups is 8. The highest BCUT2D eigenvalue weighted by atomic mass is 32.1. The van der Waals surface area contributed by atoms with Crippen LogP contribution in [0.3, 0.4) is 0 Å². The fourth-order valence-electron chi connectivity index (χ4n) is 5.67. The molecule has 16 atom stereocenters. The van der Waals surface area contributed by atoms with Crippen LogP contribution in [0.4, 0.5) is 0 Å². The lowest BCUT2D eigenvalue weighted by molar-refractivity contribution is -0.355. The Bertz CT molecular complexity index is 910. The smallest absolute Gasteiger partial charge is 0.182 e. The van der Waals surface area contributed by atoms with Crippen molar-refractivity contribution in [2.24, 2.45) is 17.2 Å². The highest BCUT2D eigenvalue weighted by Gasteiger charge is 2.59. The Labute approximate surface area is 260 Å². The number of hydrogen-bond acceptors (Lipinski definition) is 18. The van der Waals surface area contributed by atoms with Gasteiger partial charge in [-0.1, -0.05) is 32.6 Å². The number of carbonyl (C=O) groups is 1. The summed E-state index contributed by atoms with van der Waals surface area (Å²) in [6.07, 6.45) is -13.6. The topological polar surface area (TPSA) is 303 Å². The number of ketones is 1. The number of Topliss-reactive ketones (excluding diaryl/α,β-unsaturated/α-hetero) is 1. The molecule has 0 spiro atoms. The molecule has 18 heteroatoms. The fourth-order valence-corrected chi connectivity index (χ4v) is 6.07. The van der Waals surface area contributed by atoms with Gasteiger partial charge in [-0.25, -0.2) is 0 Å². The largest absolute Gasteiger partial charge is 0.394 e. The van der Waals surface area contributed by atoms with Crippen LogP contribution in [0.1, 0.15) is 39.0 Å². The van der Waals surface area contributed by atoms with E-state index in [4.69, 9.17) is 40.9 Å². The molecule has 44 heavy (non-hydrogen) atoms. The third kappa shape index (κ3) is 7.74. The van der Waals surface area contributed by atoms with Gasteiger partial charge < -0.3 is 81.7 Å². The molecule has 3 fully saturated rings. The molecule has 0 aliphatic carbocycles. The molecule has 3 aliphatic rings. The summed E-state index contributed by atoms with van der Waals surface area (Å²) in [6, 6.07) is -4.24. The van der Waals surface area contributed by atoms with Crippen LogP contribution >= 0.6 is 12.6 Å². The molecule has 0 radical (unpaired) electrons. The summed E-state index contributed by atoms with van der Waals surface area (Å²) in [5, 5.41) is 82.2. The van der Waals surface area contributed by atoms with Crippen LogP contribution in [-0.2, 0) is 28.5 Å². The Morgan fingerprint density at radius 3 is 1.93 bits per heavy atom. The molecule has 0 bridgehead atoms. The first-order chi connectivity index (χ1) is 20.8. The van der Waals surface area contributed by atoms with Gasteiger partial charge in [0.1, 0.15) is 48.8 Å². The molecular formula is C26H49N3O14S. The van der Waals surface area contributed by atoms with Gasteiger partial charge in [0.15, 0.2) is 30.3 Å². The zero-order valence-corrected chi connectivity index (χ0v) is 25.4. The SMILES string of the molecule is CCCCCCC(S)C(=O)[C@]1(CO)O[C@H](OC2[C@@H](CO)O[C@@H](OC3[C@@H](CO)O[C@@H](O)[C@H](N)[C@H]3O)[C@H](N)[C@H]2O)[C@H](N)[C@@H](O)[C@@H]1O. The summed E-state index contributed by atoms with van der Waals surface area (Å²) in [6.45, 7) is -0.498. The second-order valence-electron chi connectivity index (χ2n) is 11.6. The fraction of sp³-hybridized carbons (Fsp3) is 0.962. The van der Waals surface area contributed by atoms with Crippen molar-refractivity contribution in [1.29, 1.82) is 0 Å². The Kier molecular flexibility index (Phi) is 14.2. The maximum Gasteiger partial charge on any atom is 0.182 e. The van der Waals surface area contributed by atoms with Crippen molar-refractivity contribution in [3.63, 3.8) is 0 Å². The van der Waals surface area contributed by atoms with E-state index in [-0.39, 0.29) is 0 Å². The van der Waals surface area contributed by atoms with Crippen LogP contribution in [-0.4, -0.2) is 163 Å². The summed E-state index contributed by atoms with van der Waals surface area (Å²) in [5.41, 5.74) is 15.6. The minimum absolute atomic E-state index is 0.313. The van der Waals surface area contributed by atoms with E-state index >= 15 is 0 Å². The van der Waals surface area contributed by atoms with Crippen molar-refractivity contribution < 1.29 is 69.3 Å². The van der Waals surface area contributed by atoms with Gasteiger partial charge in [-0.15, -0.1) is 0 Å². The molecule has 258 valence electrons. The number of ether oxygens (including phenoxy) is 5. The Hall–Kier alpha value is -0.620. The molecule has 0 aromatic carbocycles. The first-order valence-electron chi connectivity index (χ1n) is 14.8. The summed E-state index contributed by atoms with van der Waals surface area (Å²) in [5.74, 6) is -0.800. The first-order valence-corrected chi connectivity index (χ1v) is 15.3. The number of rotatable bonds is 14. The number of nitrogens with two attached hydrogens (primary N) is 3. The molecule has 14 N–H and O–H groups in total. The van der Waals surface area contributed by atoms with Crippen LogP contribution in [0.15, 0.2) is 0 Å². The zero-order chi connectivity index (χ0) is 32.9. The lowest BCUT2D eigenvalue weighted by atomic mass is 9.81. The quantitative estimate of drug-likeness (QED) is 0.0611. The second kappa shape index (κ2) is 16.5. The predicted octanol–water partition coefficient (Wildman–Crippen LogP) is -5.47. The van der Waals surface area contributed by atoms with Crippen molar-refractivity contribution in [2.45, 2.75) is 136 Å². The highest BCUT2D eigenvalue weighted by Crippen LogP contribution is 2.36. The third-order valence-corrected chi connectivity index (χ3v) is 9.02. The van der Waals surface area contributed by atoms with Crippen LogP contribution < -0.4 is 17.2 Å². The van der Waals surface area contributed by atoms with E-state index in [1.165, 1.54) is 0 Å². The van der Waals surface area contributed by atoms with Crippen LogP contribution in [0, 0.1) is 0 Å². The van der Waals surface area contributed by atoms with Crippen molar-refractivity contribution in [3.8, 4) is 0 Å². The first kappa shape index (κ1) is 37.8. The molecule has 3 heterocycles. The summed E-state index contributed by atoms with van der Waals surface area (Å²) in [4.78, 5) is 13.5. The van der Waals surface area contributed by atoms with Crippen LogP contribution in [0.25, 0.3) is 0 Å². The molecular weight excluding hydrogens is 610 g/mol. The molecule has 0 aromatic rings. The summed E-state index contributed by atoms with van der Waals surface area (Å²) < 4.78 is 28.2. The minimum Gasteiger partial charge on any atom is -0.394 e. The number of thiol groups is 1. The van der Waals surface area contributed by atoms with Gasteiger partial charge in [0, 0.05) is 0 Å². The van der Waals surface area contributed by atoms with Gasteiger partial charge in [-0.3, -0.25) is 4.79 Å². The molecule has 17 nitrogen and oxygen atoms in total. The summed E-state index contributed by atoms with van der Waals surface area (Å²) in [7, 11) is 0. The average molecular weight is 660 g/mol. The summed E-state index contributed by atoms with van der Waals surface area (Å²) >= 11 is 4.36. The maximum atomic E-state index is 13.5. The van der Waals surface area contributed by atoms with Gasteiger partial charge in [0.05, 0.1) is 43.2 Å². The molecule has 3 saturated heterocycles. The van der Waals surface area contributed by atoms with E-state index in [1.54, 1.807) is 0 Å². The van der Waals surface area contributed by atoms with Gasteiger partial charge in [0.2, 0.25) is 0 Å². The third-order valence-electron chi connectivity index (χ3n) is 8.53. The van der Waals surface area contributed by atoms with Gasteiger partial charge in [0.25, 0.3) is 0 Å². The van der Waals surface area contributed by atoms with Gasteiger partial charge in [-0.05, 0) is 6.42 Å². The van der Waals surface area contributed by atoms with Crippen molar-refractivity contribution >= 4 is 18.4 Å². The Morgan fingerprint density at radius 2 is 1.36 bits per heavy atom. The molecule has 0 aromatic heterocycles. The molecule has 3 aliphatic heterocycles. The van der Waals surface area contributed by atoms with E-state index in [0.717, 1.165) is 19.3 Å². The Balaban J connectivity index is 1.77. The van der Waals surface area contributed by atoms with E-state index in [2.05, 4.69) is 12.6 Å². The van der Waals surface area contributed by atoms with Crippen molar-refractivity contribution in [3.05, 3.63) is 0 Å². The minimum atomic E-state index is -2.38. The number of unbranched alkanes of at least 4 members (excludes halogenated alkanes) is 3. The highest BCUT2D eigenvalue weighted by molar-refractivity contribution is 7.81. The molecule has 3 unspecified atom stereocenters. The standard InChI is InChI=1S/C26H49N3O14S/c1-2-3-4-5-6-12(44)21(36)26(9-32)22(37)18(35)15(29)25(43-26)42-20-11(8-31)40-24(14(28)17(20)34)41-19-10(7-30)39-23(38)13(27)16(19)33/h10-20,22-25,30-35,37-38,44H,2-9,27-29H2,1H3/t10-,11-,12?,13-,14-,15-,16-,17-,18-,19?,20?,22+,23-,24+,25+,26+/m1/s1. The monoisotopic (exact) mass is 659 g/mol. The van der Waals surface area contributed by atoms with Crippen LogP contribution in [0.5, 0.6) is 0 Å². The van der Waals surface area contributed by atoms with Crippen LogP contribution in [0.2, 0.25) is 0 Å². The zero-order valence-electron chi connectivity index (χ0n) is 24.5. The van der Waals surface area contributed by atoms with Gasteiger partial charge in [-0.2, -0.15) is 12.6 Å². The van der Waals surface area contributed by atoms with E-state index < -0.39 is 122 Å². The van der Waals surface area contributed by atoms with E-state index in [1.807, 2.05) is 6.92 Å².